The molecule has 2 aromatic rings. The van der Waals surface area contributed by atoms with Crippen molar-refractivity contribution in [3.05, 3.63) is 63.4 Å². The second kappa shape index (κ2) is 14.2. The number of carboxylic acid groups (broad SMARTS) is 1. The SMILES string of the molecule is CC.O=C(c1cc(C2CC2)c(OCC2(F)CCN(Cc3cc(C(F)(F)F)ccc3Cl)CC2)cc1F)N1CCC2(CC2)C1.O=CO. The van der Waals surface area contributed by atoms with E-state index in [1.165, 1.54) is 12.1 Å². The predicted molar refractivity (Wildman–Crippen MR) is 161 cm³/mol. The van der Waals surface area contributed by atoms with Crippen molar-refractivity contribution in [1.82, 2.24) is 9.80 Å². The van der Waals surface area contributed by atoms with Gasteiger partial charge in [-0.2, -0.15) is 13.2 Å². The Morgan fingerprint density at radius 1 is 1.07 bits per heavy atom. The lowest BCUT2D eigenvalue weighted by Gasteiger charge is -2.36. The highest BCUT2D eigenvalue weighted by Gasteiger charge is 2.49. The van der Waals surface area contributed by atoms with Crippen LogP contribution in [0.2, 0.25) is 5.02 Å². The van der Waals surface area contributed by atoms with E-state index in [9.17, 15) is 18.0 Å². The highest BCUT2D eigenvalue weighted by molar-refractivity contribution is 6.31. The molecule has 6 nitrogen and oxygen atoms in total. The van der Waals surface area contributed by atoms with E-state index in [2.05, 4.69) is 0 Å². The van der Waals surface area contributed by atoms with E-state index in [1.807, 2.05) is 18.7 Å². The second-order valence-electron chi connectivity index (χ2n) is 12.2. The van der Waals surface area contributed by atoms with Crippen LogP contribution in [0.25, 0.3) is 0 Å². The molecule has 6 rings (SSSR count). The van der Waals surface area contributed by atoms with Crippen molar-refractivity contribution in [1.29, 1.82) is 0 Å². The average Bonchev–Trinajstić information content (AvgIpc) is 3.93. The molecule has 2 saturated carbocycles. The largest absolute Gasteiger partial charge is 0.490 e. The zero-order valence-electron chi connectivity index (χ0n) is 25.6. The maximum Gasteiger partial charge on any atom is 0.416 e. The van der Waals surface area contributed by atoms with E-state index in [-0.39, 0.29) is 66.0 Å². The summed E-state index contributed by atoms with van der Waals surface area (Å²) in [6.07, 6.45) is 0.829. The van der Waals surface area contributed by atoms with Crippen molar-refractivity contribution in [2.75, 3.05) is 32.8 Å². The first-order valence-corrected chi connectivity index (χ1v) is 15.8. The number of ether oxygens (including phenoxy) is 1. The number of nitrogens with zero attached hydrogens (tertiary/aromatic N) is 2. The van der Waals surface area contributed by atoms with Gasteiger partial charge in [0.2, 0.25) is 0 Å². The Kier molecular flexibility index (Phi) is 11.1. The number of hydrogen-bond donors (Lipinski definition) is 1. The summed E-state index contributed by atoms with van der Waals surface area (Å²) in [5.74, 6) is -0.483. The number of rotatable bonds is 7. The van der Waals surface area contributed by atoms with Crippen molar-refractivity contribution < 1.29 is 41.4 Å². The van der Waals surface area contributed by atoms with Crippen molar-refractivity contribution >= 4 is 24.0 Å². The van der Waals surface area contributed by atoms with Crippen LogP contribution in [0, 0.1) is 11.2 Å². The summed E-state index contributed by atoms with van der Waals surface area (Å²) in [6.45, 7) is 5.65. The first-order valence-electron chi connectivity index (χ1n) is 15.5. The third-order valence-corrected chi connectivity index (χ3v) is 9.40. The van der Waals surface area contributed by atoms with Gasteiger partial charge in [0.25, 0.3) is 12.4 Å². The second-order valence-corrected chi connectivity index (χ2v) is 12.7. The maximum atomic E-state index is 15.7. The summed E-state index contributed by atoms with van der Waals surface area (Å²) < 4.78 is 76.1. The lowest BCUT2D eigenvalue weighted by molar-refractivity contribution is -0.137. The van der Waals surface area contributed by atoms with Crippen molar-refractivity contribution in [2.24, 2.45) is 5.41 Å². The standard InChI is InChI=1S/C30H32ClF5N2O2.C2H6.CH2O2/c31-24-4-3-21(30(34,35)36)13-20(24)16-37-10-8-29(33,9-11-37)18-40-26-15-25(32)23(14-22(26)19-1-2-19)27(39)38-12-7-28(17-38)5-6-28;1-2;2-1-3/h3-4,13-15,19H,1-2,5-12,16-18H2;1-2H3;1H,(H,2,3). The number of carbonyl (C=O) groups is 2. The molecule has 2 heterocycles. The number of likely N-dealkylation sites (tertiary alicyclic amines) is 2. The number of piperidine rings is 1. The minimum absolute atomic E-state index is 0.0588. The van der Waals surface area contributed by atoms with Crippen LogP contribution in [0.5, 0.6) is 5.75 Å². The molecule has 1 amide bonds. The number of benzene rings is 2. The Hall–Kier alpha value is -2.92. The van der Waals surface area contributed by atoms with E-state index in [0.717, 1.165) is 49.8 Å². The zero-order chi connectivity index (χ0) is 33.0. The van der Waals surface area contributed by atoms with E-state index < -0.39 is 23.2 Å². The minimum atomic E-state index is -4.47. The zero-order valence-corrected chi connectivity index (χ0v) is 26.3. The molecule has 2 saturated heterocycles. The van der Waals surface area contributed by atoms with Crippen LogP contribution in [0.1, 0.15) is 91.8 Å². The molecule has 1 spiro atoms. The van der Waals surface area contributed by atoms with E-state index >= 15 is 8.78 Å². The van der Waals surface area contributed by atoms with Gasteiger partial charge >= 0.3 is 6.18 Å². The van der Waals surface area contributed by atoms with E-state index in [0.29, 0.717) is 31.7 Å². The molecule has 4 fully saturated rings. The Bertz CT molecular complexity index is 1360. The van der Waals surface area contributed by atoms with Crippen molar-refractivity contribution in [3.63, 3.8) is 0 Å². The fraction of sp³-hybridized carbons (Fsp3) is 0.576. The summed E-state index contributed by atoms with van der Waals surface area (Å²) in [5, 5.41) is 7.13. The highest BCUT2D eigenvalue weighted by atomic mass is 35.5. The molecule has 2 aliphatic carbocycles. The molecular weight excluding hydrogens is 619 g/mol. The third-order valence-electron chi connectivity index (χ3n) is 9.04. The smallest absolute Gasteiger partial charge is 0.416 e. The molecule has 0 unspecified atom stereocenters. The third kappa shape index (κ3) is 8.67. The number of halogens is 6. The first-order chi connectivity index (χ1) is 21.4. The molecule has 248 valence electrons. The molecule has 2 aliphatic heterocycles. The van der Waals surface area contributed by atoms with Gasteiger partial charge in [-0.25, -0.2) is 8.78 Å². The lowest BCUT2D eigenvalue weighted by Crippen LogP contribution is -2.44. The van der Waals surface area contributed by atoms with E-state index in [1.54, 1.807) is 11.0 Å². The van der Waals surface area contributed by atoms with Crippen LogP contribution < -0.4 is 4.74 Å². The highest BCUT2D eigenvalue weighted by Crippen LogP contribution is 2.53. The lowest BCUT2D eigenvalue weighted by atomic mass is 9.93. The van der Waals surface area contributed by atoms with Crippen molar-refractivity contribution in [2.45, 2.75) is 83.1 Å². The molecule has 12 heteroatoms. The van der Waals surface area contributed by atoms with Crippen molar-refractivity contribution in [3.8, 4) is 5.75 Å². The predicted octanol–water partition coefficient (Wildman–Crippen LogP) is 8.11. The summed E-state index contributed by atoms with van der Waals surface area (Å²) in [7, 11) is 0. The number of carbonyl (C=O) groups excluding carboxylic acids is 1. The summed E-state index contributed by atoms with van der Waals surface area (Å²) >= 11 is 6.14. The molecule has 0 atom stereocenters. The molecule has 2 aromatic carbocycles. The van der Waals surface area contributed by atoms with Gasteiger partial charge < -0.3 is 14.7 Å². The maximum absolute atomic E-state index is 15.7. The Balaban J connectivity index is 0.000000871. The average molecular weight is 659 g/mol. The van der Waals surface area contributed by atoms with Crippen LogP contribution in [0.3, 0.4) is 0 Å². The van der Waals surface area contributed by atoms with Crippen LogP contribution in [0.4, 0.5) is 22.0 Å². The van der Waals surface area contributed by atoms with Gasteiger partial charge in [0.1, 0.15) is 23.8 Å². The summed E-state index contributed by atoms with van der Waals surface area (Å²) in [5.41, 5.74) is -1.02. The molecule has 4 aliphatic rings. The molecule has 0 radical (unpaired) electrons. The van der Waals surface area contributed by atoms with Crippen LogP contribution >= 0.6 is 11.6 Å². The summed E-state index contributed by atoms with van der Waals surface area (Å²) in [6, 6.07) is 6.06. The van der Waals surface area contributed by atoms with Gasteiger partial charge in [-0.1, -0.05) is 25.4 Å². The molecule has 45 heavy (non-hydrogen) atoms. The Labute approximate surface area is 265 Å². The Morgan fingerprint density at radius 3 is 2.27 bits per heavy atom. The molecule has 1 N–H and O–H groups in total. The van der Waals surface area contributed by atoms with Crippen LogP contribution in [0.15, 0.2) is 30.3 Å². The quantitative estimate of drug-likeness (QED) is 0.240. The topological polar surface area (TPSA) is 70.1 Å². The Morgan fingerprint density at radius 2 is 1.71 bits per heavy atom. The van der Waals surface area contributed by atoms with Crippen LogP contribution in [-0.2, 0) is 17.5 Å². The number of hydrogen-bond acceptors (Lipinski definition) is 4. The van der Waals surface area contributed by atoms with Gasteiger partial charge in [0.05, 0.1) is 11.1 Å². The van der Waals surface area contributed by atoms with Gasteiger partial charge in [0.15, 0.2) is 0 Å². The molecular formula is C33H40ClF5N2O4. The van der Waals surface area contributed by atoms with Gasteiger partial charge in [-0.3, -0.25) is 14.5 Å². The fourth-order valence-electron chi connectivity index (χ4n) is 6.01. The first kappa shape index (κ1) is 34.9. The van der Waals surface area contributed by atoms with Crippen LogP contribution in [-0.4, -0.2) is 65.7 Å². The monoisotopic (exact) mass is 658 g/mol. The fourth-order valence-corrected chi connectivity index (χ4v) is 6.19. The molecule has 0 aromatic heterocycles. The van der Waals surface area contributed by atoms with Gasteiger partial charge in [-0.15, -0.1) is 0 Å². The number of amides is 1. The number of alkyl halides is 4. The molecule has 0 bridgehead atoms. The van der Waals surface area contributed by atoms with Gasteiger partial charge in [0, 0.05) is 43.8 Å². The summed E-state index contributed by atoms with van der Waals surface area (Å²) in [4.78, 5) is 25.1. The van der Waals surface area contributed by atoms with Gasteiger partial charge in [-0.05, 0) is 91.7 Å². The minimum Gasteiger partial charge on any atom is -0.490 e. The normalized spacial score (nSPS) is 20.0. The van der Waals surface area contributed by atoms with E-state index in [4.69, 9.17) is 26.2 Å².